The maximum Gasteiger partial charge on any atom is 0.122 e. The molecule has 0 aliphatic carbocycles. The molecule has 1 aromatic carbocycles. The first-order chi connectivity index (χ1) is 9.33. The van der Waals surface area contributed by atoms with Gasteiger partial charge in [-0.3, -0.25) is 4.90 Å². The number of oxime groups is 1. The van der Waals surface area contributed by atoms with Crippen LogP contribution < -0.4 is 4.74 Å². The second kappa shape index (κ2) is 5.21. The first-order valence-corrected chi connectivity index (χ1v) is 6.91. The lowest BCUT2D eigenvalue weighted by atomic mass is 9.79. The summed E-state index contributed by atoms with van der Waals surface area (Å²) in [6.07, 6.45) is 3.11. The summed E-state index contributed by atoms with van der Waals surface area (Å²) in [5, 5.41) is 12.9. The van der Waals surface area contributed by atoms with Crippen molar-refractivity contribution in [2.75, 3.05) is 20.2 Å². The smallest absolute Gasteiger partial charge is 0.122 e. The zero-order chi connectivity index (χ0) is 13.2. The predicted octanol–water partition coefficient (Wildman–Crippen LogP) is 2.16. The molecule has 1 atom stereocenters. The molecule has 0 amide bonds. The number of para-hydroxylation sites is 1. The number of nitrogens with zero attached hydrogens (tertiary/aromatic N) is 2. The first-order valence-electron chi connectivity index (χ1n) is 6.91. The van der Waals surface area contributed by atoms with E-state index in [-0.39, 0.29) is 6.04 Å². The third kappa shape index (κ3) is 2.21. The second-order valence-corrected chi connectivity index (χ2v) is 5.37. The minimum absolute atomic E-state index is 0.230. The van der Waals surface area contributed by atoms with Crippen LogP contribution in [0.5, 0.6) is 5.75 Å². The van der Waals surface area contributed by atoms with Gasteiger partial charge in [0.2, 0.25) is 0 Å². The van der Waals surface area contributed by atoms with E-state index >= 15 is 0 Å². The number of fused-ring (bicyclic) bond motifs is 3. The molecular weight excluding hydrogens is 240 g/mol. The van der Waals surface area contributed by atoms with Crippen molar-refractivity contribution in [1.29, 1.82) is 0 Å². The number of hydrogen-bond acceptors (Lipinski definition) is 4. The second-order valence-electron chi connectivity index (χ2n) is 5.37. The van der Waals surface area contributed by atoms with Gasteiger partial charge in [-0.05, 0) is 44.0 Å². The van der Waals surface area contributed by atoms with Crippen molar-refractivity contribution in [2.45, 2.75) is 25.3 Å². The lowest BCUT2D eigenvalue weighted by Crippen LogP contribution is -2.56. The molecular formula is C15H20N2O2. The van der Waals surface area contributed by atoms with Crippen LogP contribution in [0.3, 0.4) is 0 Å². The Morgan fingerprint density at radius 3 is 2.74 bits per heavy atom. The van der Waals surface area contributed by atoms with Crippen LogP contribution in [0, 0.1) is 5.92 Å². The topological polar surface area (TPSA) is 45.1 Å². The molecule has 4 nitrogen and oxygen atoms in total. The van der Waals surface area contributed by atoms with Crippen LogP contribution in [-0.4, -0.2) is 42.1 Å². The van der Waals surface area contributed by atoms with Gasteiger partial charge in [0.05, 0.1) is 18.9 Å². The minimum Gasteiger partial charge on any atom is -0.496 e. The summed E-state index contributed by atoms with van der Waals surface area (Å²) in [5.74, 6) is 1.39. The van der Waals surface area contributed by atoms with E-state index in [0.29, 0.717) is 5.92 Å². The number of hydrogen-bond donors (Lipinski definition) is 1. The van der Waals surface area contributed by atoms with Crippen molar-refractivity contribution in [2.24, 2.45) is 11.1 Å². The molecule has 0 aromatic heterocycles. The van der Waals surface area contributed by atoms with E-state index in [1.54, 1.807) is 7.11 Å². The molecule has 1 N–H and O–H groups in total. The van der Waals surface area contributed by atoms with Gasteiger partial charge in [0.1, 0.15) is 5.75 Å². The highest BCUT2D eigenvalue weighted by atomic mass is 16.5. The van der Waals surface area contributed by atoms with E-state index in [9.17, 15) is 5.21 Å². The Balaban J connectivity index is 1.85. The van der Waals surface area contributed by atoms with Crippen LogP contribution in [0.1, 0.15) is 18.4 Å². The standard InChI is InChI=1S/C15H20N2O2/c1-19-14-5-3-2-4-12(14)10-13-15(16-18)11-6-8-17(13)9-7-11/h2-5,11,13,18H,6-10H2,1H3/b16-15+/t13-/m1/s1. The molecule has 2 bridgehead atoms. The molecule has 3 aliphatic rings. The minimum atomic E-state index is 0.230. The normalized spacial score (nSPS) is 31.6. The molecule has 3 fully saturated rings. The van der Waals surface area contributed by atoms with Gasteiger partial charge in [-0.1, -0.05) is 23.4 Å². The summed E-state index contributed by atoms with van der Waals surface area (Å²) in [6, 6.07) is 8.33. The van der Waals surface area contributed by atoms with Crippen LogP contribution >= 0.6 is 0 Å². The number of ether oxygens (including phenoxy) is 1. The molecule has 0 unspecified atom stereocenters. The first kappa shape index (κ1) is 12.5. The fourth-order valence-corrected chi connectivity index (χ4v) is 3.43. The fourth-order valence-electron chi connectivity index (χ4n) is 3.43. The summed E-state index contributed by atoms with van der Waals surface area (Å²) in [7, 11) is 1.70. The molecule has 3 heterocycles. The fraction of sp³-hybridized carbons (Fsp3) is 0.533. The third-order valence-electron chi connectivity index (χ3n) is 4.45. The molecule has 3 saturated heterocycles. The highest BCUT2D eigenvalue weighted by molar-refractivity contribution is 5.93. The lowest BCUT2D eigenvalue weighted by molar-refractivity contribution is 0.137. The van der Waals surface area contributed by atoms with E-state index in [4.69, 9.17) is 4.74 Å². The Hall–Kier alpha value is -1.55. The Bertz CT molecular complexity index is 479. The molecule has 0 spiro atoms. The Morgan fingerprint density at radius 2 is 2.05 bits per heavy atom. The van der Waals surface area contributed by atoms with Crippen LogP contribution in [0.2, 0.25) is 0 Å². The van der Waals surface area contributed by atoms with Gasteiger partial charge >= 0.3 is 0 Å². The summed E-state index contributed by atoms with van der Waals surface area (Å²) in [5.41, 5.74) is 2.15. The molecule has 102 valence electrons. The summed E-state index contributed by atoms with van der Waals surface area (Å²) in [4.78, 5) is 2.43. The maximum absolute atomic E-state index is 9.32. The number of piperidine rings is 3. The maximum atomic E-state index is 9.32. The van der Waals surface area contributed by atoms with Crippen LogP contribution in [0.25, 0.3) is 0 Å². The van der Waals surface area contributed by atoms with Gasteiger partial charge in [-0.15, -0.1) is 0 Å². The molecule has 0 saturated carbocycles. The molecule has 19 heavy (non-hydrogen) atoms. The monoisotopic (exact) mass is 260 g/mol. The van der Waals surface area contributed by atoms with Crippen LogP contribution in [0.4, 0.5) is 0 Å². The van der Waals surface area contributed by atoms with Gasteiger partial charge < -0.3 is 9.94 Å². The van der Waals surface area contributed by atoms with Gasteiger partial charge in [0.25, 0.3) is 0 Å². The summed E-state index contributed by atoms with van der Waals surface area (Å²) >= 11 is 0. The van der Waals surface area contributed by atoms with Crippen molar-refractivity contribution in [3.8, 4) is 5.75 Å². The molecule has 3 aliphatic heterocycles. The van der Waals surface area contributed by atoms with Crippen molar-refractivity contribution < 1.29 is 9.94 Å². The van der Waals surface area contributed by atoms with E-state index in [1.807, 2.05) is 18.2 Å². The van der Waals surface area contributed by atoms with E-state index in [1.165, 1.54) is 5.56 Å². The third-order valence-corrected chi connectivity index (χ3v) is 4.45. The zero-order valence-corrected chi connectivity index (χ0v) is 11.2. The lowest BCUT2D eigenvalue weighted by Gasteiger charge is -2.45. The Kier molecular flexibility index (Phi) is 3.42. The molecule has 4 heteroatoms. The van der Waals surface area contributed by atoms with Crippen molar-refractivity contribution in [3.05, 3.63) is 29.8 Å². The molecule has 1 aromatic rings. The average Bonchev–Trinajstić information content (AvgIpc) is 2.49. The largest absolute Gasteiger partial charge is 0.496 e. The SMILES string of the molecule is COc1ccccc1C[C@@H]1/C(=N/O)C2CCN1CC2. The Labute approximate surface area is 113 Å². The molecule has 4 rings (SSSR count). The van der Waals surface area contributed by atoms with Gasteiger partial charge in [0, 0.05) is 5.92 Å². The van der Waals surface area contributed by atoms with Crippen LogP contribution in [0.15, 0.2) is 29.4 Å². The number of benzene rings is 1. The van der Waals surface area contributed by atoms with E-state index < -0.39 is 0 Å². The highest BCUT2D eigenvalue weighted by Gasteiger charge is 2.39. The number of methoxy groups -OCH3 is 1. The zero-order valence-electron chi connectivity index (χ0n) is 11.2. The van der Waals surface area contributed by atoms with Crippen molar-refractivity contribution >= 4 is 5.71 Å². The number of rotatable bonds is 3. The van der Waals surface area contributed by atoms with E-state index in [0.717, 1.165) is 43.8 Å². The summed E-state index contributed by atoms with van der Waals surface area (Å²) in [6.45, 7) is 2.23. The van der Waals surface area contributed by atoms with Gasteiger partial charge in [0.15, 0.2) is 0 Å². The Morgan fingerprint density at radius 1 is 1.32 bits per heavy atom. The predicted molar refractivity (Wildman–Crippen MR) is 74.0 cm³/mol. The molecule has 0 radical (unpaired) electrons. The highest BCUT2D eigenvalue weighted by Crippen LogP contribution is 2.33. The average molecular weight is 260 g/mol. The van der Waals surface area contributed by atoms with Gasteiger partial charge in [-0.2, -0.15) is 0 Å². The van der Waals surface area contributed by atoms with Crippen molar-refractivity contribution in [3.63, 3.8) is 0 Å². The summed E-state index contributed by atoms with van der Waals surface area (Å²) < 4.78 is 5.41. The van der Waals surface area contributed by atoms with E-state index in [2.05, 4.69) is 16.1 Å². The van der Waals surface area contributed by atoms with Crippen LogP contribution in [-0.2, 0) is 6.42 Å². The van der Waals surface area contributed by atoms with Gasteiger partial charge in [-0.25, -0.2) is 0 Å². The van der Waals surface area contributed by atoms with Crippen molar-refractivity contribution in [1.82, 2.24) is 4.90 Å². The quantitative estimate of drug-likeness (QED) is 0.669.